The maximum absolute atomic E-state index is 12.5. The van der Waals surface area contributed by atoms with Gasteiger partial charge in [0.05, 0.1) is 6.61 Å². The van der Waals surface area contributed by atoms with E-state index in [9.17, 15) is 9.59 Å². The van der Waals surface area contributed by atoms with E-state index in [4.69, 9.17) is 9.47 Å². The minimum Gasteiger partial charge on any atom is -0.464 e. The molecule has 0 spiro atoms. The molecular weight excluding hydrogens is 490 g/mol. The van der Waals surface area contributed by atoms with Crippen LogP contribution in [0.25, 0.3) is 0 Å². The van der Waals surface area contributed by atoms with Crippen molar-refractivity contribution in [3.05, 3.63) is 81.3 Å². The Morgan fingerprint density at radius 2 is 1.57 bits per heavy atom. The molecule has 28 heavy (non-hydrogen) atoms. The number of esters is 1. The maximum atomic E-state index is 12.5. The van der Waals surface area contributed by atoms with Crippen molar-refractivity contribution in [1.82, 2.24) is 5.32 Å². The highest BCUT2D eigenvalue weighted by Gasteiger charge is 2.23. The third-order valence-corrected chi connectivity index (χ3v) is 5.57. The van der Waals surface area contributed by atoms with Crippen LogP contribution in [0.2, 0.25) is 0 Å². The summed E-state index contributed by atoms with van der Waals surface area (Å²) >= 11 is 6.54. The molecule has 0 unspecified atom stereocenters. The zero-order valence-electron chi connectivity index (χ0n) is 15.1. The van der Waals surface area contributed by atoms with E-state index in [2.05, 4.69) is 37.2 Å². The Morgan fingerprint density at radius 3 is 2.18 bits per heavy atom. The van der Waals surface area contributed by atoms with E-state index in [0.717, 1.165) is 15.6 Å². The summed E-state index contributed by atoms with van der Waals surface area (Å²) in [5, 5.41) is 2.62. The number of nitrogens with one attached hydrogen (secondary N) is 1. The average molecular weight is 511 g/mol. The minimum atomic E-state index is -0.836. The number of ether oxygens (including phenoxy) is 2. The summed E-state index contributed by atoms with van der Waals surface area (Å²) in [6.45, 7) is 0.330. The fourth-order valence-corrected chi connectivity index (χ4v) is 2.75. The lowest BCUT2D eigenvalue weighted by atomic mass is 10.1. The van der Waals surface area contributed by atoms with Crippen LogP contribution in [0, 0.1) is 0 Å². The van der Waals surface area contributed by atoms with Crippen LogP contribution in [0.5, 0.6) is 0 Å². The van der Waals surface area contributed by atoms with Crippen molar-refractivity contribution >= 4 is 43.9 Å². The lowest BCUT2D eigenvalue weighted by Crippen LogP contribution is -2.43. The highest BCUT2D eigenvalue weighted by atomic mass is 79.9. The van der Waals surface area contributed by atoms with Gasteiger partial charge >= 0.3 is 12.1 Å². The van der Waals surface area contributed by atoms with Crippen molar-refractivity contribution in [3.63, 3.8) is 0 Å². The minimum absolute atomic E-state index is 0.128. The molecule has 0 aliphatic heterocycles. The molecule has 0 heterocycles. The van der Waals surface area contributed by atoms with E-state index in [1.807, 2.05) is 60.7 Å². The van der Waals surface area contributed by atoms with Gasteiger partial charge in [0, 0.05) is 17.3 Å². The molecule has 0 saturated heterocycles. The fourth-order valence-electron chi connectivity index (χ4n) is 2.35. The number of hydrogen-bond donors (Lipinski definition) is 1. The molecular formula is C21H21Br2NO4. The number of rotatable bonds is 9. The third-order valence-electron chi connectivity index (χ3n) is 3.78. The zero-order valence-corrected chi connectivity index (χ0v) is 18.3. The van der Waals surface area contributed by atoms with Crippen molar-refractivity contribution in [2.45, 2.75) is 25.5 Å². The zero-order chi connectivity index (χ0) is 20.2. The Morgan fingerprint density at radius 1 is 0.964 bits per heavy atom. The van der Waals surface area contributed by atoms with Gasteiger partial charge in [-0.25, -0.2) is 9.59 Å². The number of carbonyl (C=O) groups excluding carboxylic acids is 2. The molecule has 0 saturated carbocycles. The van der Waals surface area contributed by atoms with Crippen LogP contribution in [0.15, 0.2) is 70.1 Å². The first-order valence-corrected chi connectivity index (χ1v) is 10.4. The maximum Gasteiger partial charge on any atom is 0.408 e. The molecule has 5 nitrogen and oxygen atoms in total. The largest absolute Gasteiger partial charge is 0.464 e. The highest BCUT2D eigenvalue weighted by Crippen LogP contribution is 2.13. The highest BCUT2D eigenvalue weighted by molar-refractivity contribution is 9.14. The standard InChI is InChI=1S/C21H21Br2NO4/c22-14-18(23)11-12-27-20(25)19(13-16-7-3-1-4-8-16)24-21(26)28-15-17-9-5-2-6-10-17/h1-10,14,19H,11-13,15H2,(H,24,26)/b18-14+/t19-/m0/s1. The van der Waals surface area contributed by atoms with Gasteiger partial charge in [-0.15, -0.1) is 0 Å². The normalized spacial score (nSPS) is 12.1. The van der Waals surface area contributed by atoms with Gasteiger partial charge in [0.1, 0.15) is 12.6 Å². The molecule has 0 fully saturated rings. The van der Waals surface area contributed by atoms with Gasteiger partial charge in [0.2, 0.25) is 0 Å². The van der Waals surface area contributed by atoms with Crippen LogP contribution in [0.4, 0.5) is 4.79 Å². The molecule has 1 N–H and O–H groups in total. The monoisotopic (exact) mass is 509 g/mol. The number of hydrogen-bond acceptors (Lipinski definition) is 4. The molecule has 1 atom stereocenters. The van der Waals surface area contributed by atoms with E-state index >= 15 is 0 Å². The number of alkyl carbamates (subject to hydrolysis) is 1. The van der Waals surface area contributed by atoms with E-state index in [1.165, 1.54) is 0 Å². The second-order valence-corrected chi connectivity index (χ2v) is 7.40. The van der Waals surface area contributed by atoms with Crippen molar-refractivity contribution in [1.29, 1.82) is 0 Å². The number of halogens is 2. The summed E-state index contributed by atoms with van der Waals surface area (Å²) in [5.41, 5.74) is 1.78. The quantitative estimate of drug-likeness (QED) is 0.477. The van der Waals surface area contributed by atoms with Gasteiger partial charge in [-0.2, -0.15) is 0 Å². The third kappa shape index (κ3) is 8.27. The summed E-state index contributed by atoms with van der Waals surface area (Å²) in [7, 11) is 0. The van der Waals surface area contributed by atoms with Gasteiger partial charge in [0.25, 0.3) is 0 Å². The number of benzene rings is 2. The Bertz CT molecular complexity index is 782. The first-order valence-electron chi connectivity index (χ1n) is 8.71. The Kier molecular flexibility index (Phi) is 9.79. The number of carbonyl (C=O) groups is 2. The van der Waals surface area contributed by atoms with Gasteiger partial charge in [-0.3, -0.25) is 0 Å². The lowest BCUT2D eigenvalue weighted by Gasteiger charge is -2.18. The molecule has 7 heteroatoms. The van der Waals surface area contributed by atoms with Gasteiger partial charge in [0.15, 0.2) is 0 Å². The molecule has 2 aromatic rings. The molecule has 0 aliphatic rings. The van der Waals surface area contributed by atoms with Gasteiger partial charge in [-0.1, -0.05) is 92.5 Å². The fraction of sp³-hybridized carbons (Fsp3) is 0.238. The molecule has 0 radical (unpaired) electrons. The summed E-state index contributed by atoms with van der Waals surface area (Å²) in [6, 6.07) is 17.9. The van der Waals surface area contributed by atoms with E-state index < -0.39 is 18.1 Å². The van der Waals surface area contributed by atoms with E-state index in [-0.39, 0.29) is 13.2 Å². The van der Waals surface area contributed by atoms with Crippen LogP contribution >= 0.6 is 31.9 Å². The van der Waals surface area contributed by atoms with Crippen LogP contribution in [0.3, 0.4) is 0 Å². The molecule has 0 aliphatic carbocycles. The average Bonchev–Trinajstić information content (AvgIpc) is 2.73. The predicted molar refractivity (Wildman–Crippen MR) is 115 cm³/mol. The van der Waals surface area contributed by atoms with Gasteiger partial charge < -0.3 is 14.8 Å². The van der Waals surface area contributed by atoms with E-state index in [1.54, 1.807) is 4.99 Å². The SMILES string of the molecule is O=C(N[C@@H](Cc1ccccc1)C(=O)OCC/C(Br)=C\Br)OCc1ccccc1. The summed E-state index contributed by atoms with van der Waals surface area (Å²) in [5.74, 6) is -0.504. The van der Waals surface area contributed by atoms with Crippen LogP contribution in [-0.2, 0) is 27.3 Å². The summed E-state index contributed by atoms with van der Waals surface area (Å²) in [6.07, 6.45) is 0.187. The lowest BCUT2D eigenvalue weighted by molar-refractivity contribution is -0.145. The Balaban J connectivity index is 1.94. The molecule has 0 bridgehead atoms. The Labute approximate surface area is 181 Å². The van der Waals surface area contributed by atoms with Crippen molar-refractivity contribution in [3.8, 4) is 0 Å². The molecule has 148 valence electrons. The van der Waals surface area contributed by atoms with Crippen LogP contribution in [-0.4, -0.2) is 24.7 Å². The predicted octanol–water partition coefficient (Wildman–Crippen LogP) is 5.09. The van der Waals surface area contributed by atoms with Crippen LogP contribution < -0.4 is 5.32 Å². The van der Waals surface area contributed by atoms with Crippen molar-refractivity contribution in [2.75, 3.05) is 6.61 Å². The van der Waals surface area contributed by atoms with Crippen molar-refractivity contribution < 1.29 is 19.1 Å². The Hall–Kier alpha value is -2.12. The summed E-state index contributed by atoms with van der Waals surface area (Å²) in [4.78, 5) is 26.4. The first kappa shape index (κ1) is 22.2. The second kappa shape index (κ2) is 12.4. The van der Waals surface area contributed by atoms with Crippen LogP contribution in [0.1, 0.15) is 17.5 Å². The summed E-state index contributed by atoms with van der Waals surface area (Å²) < 4.78 is 11.4. The van der Waals surface area contributed by atoms with E-state index in [0.29, 0.717) is 12.8 Å². The van der Waals surface area contributed by atoms with Gasteiger partial charge in [-0.05, 0) is 16.1 Å². The molecule has 1 amide bonds. The smallest absolute Gasteiger partial charge is 0.408 e. The van der Waals surface area contributed by atoms with Crippen molar-refractivity contribution in [2.24, 2.45) is 0 Å². The molecule has 0 aromatic heterocycles. The second-order valence-electron chi connectivity index (χ2n) is 5.92. The molecule has 2 aromatic carbocycles. The topological polar surface area (TPSA) is 64.6 Å². The molecule has 2 rings (SSSR count). The number of amides is 1. The first-order chi connectivity index (χ1) is 13.6.